The first kappa shape index (κ1) is 26.9. The fourth-order valence-electron chi connectivity index (χ4n) is 3.24. The number of halogens is 3. The first-order valence-electron chi connectivity index (χ1n) is 10.1. The SMILES string of the molecule is CNC(=O)[C@@H](C)N(Cc1ccc(Cl)cc1Cl)C(=O)CCCN(c1ccc(F)cc1)S(C)(=O)=O. The van der Waals surface area contributed by atoms with Gasteiger partial charge in [-0.05, 0) is 55.3 Å². The molecule has 7 nitrogen and oxygen atoms in total. The van der Waals surface area contributed by atoms with Crippen molar-refractivity contribution in [1.29, 1.82) is 0 Å². The standard InChI is InChI=1S/C22H26Cl2FN3O4S/c1-15(22(30)26-2)27(14-16-6-7-17(23)13-20(16)24)21(29)5-4-12-28(33(3,31)32)19-10-8-18(25)9-11-19/h6-11,13,15H,4-5,12,14H2,1-3H3,(H,26,30)/t15-/m1/s1. The average molecular weight is 518 g/mol. The number of amides is 2. The second kappa shape index (κ2) is 11.7. The maximum atomic E-state index is 13.2. The van der Waals surface area contributed by atoms with Crippen LogP contribution >= 0.6 is 23.2 Å². The second-order valence-electron chi connectivity index (χ2n) is 7.46. The van der Waals surface area contributed by atoms with Crippen LogP contribution in [-0.4, -0.2) is 51.0 Å². The number of likely N-dealkylation sites (N-methyl/N-ethyl adjacent to an activating group) is 1. The lowest BCUT2D eigenvalue weighted by molar-refractivity contribution is -0.140. The molecule has 0 unspecified atom stereocenters. The molecule has 0 radical (unpaired) electrons. The van der Waals surface area contributed by atoms with Crippen molar-refractivity contribution in [2.75, 3.05) is 24.2 Å². The van der Waals surface area contributed by atoms with Gasteiger partial charge in [-0.1, -0.05) is 29.3 Å². The quantitative estimate of drug-likeness (QED) is 0.518. The van der Waals surface area contributed by atoms with Gasteiger partial charge in [-0.2, -0.15) is 0 Å². The topological polar surface area (TPSA) is 86.8 Å². The lowest BCUT2D eigenvalue weighted by Crippen LogP contribution is -2.46. The number of hydrogen-bond donors (Lipinski definition) is 1. The predicted molar refractivity (Wildman–Crippen MR) is 128 cm³/mol. The minimum absolute atomic E-state index is 0.0140. The Bertz CT molecular complexity index is 1100. The lowest BCUT2D eigenvalue weighted by Gasteiger charge is -2.29. The van der Waals surface area contributed by atoms with E-state index < -0.39 is 21.9 Å². The third kappa shape index (κ3) is 7.58. The largest absolute Gasteiger partial charge is 0.357 e. The summed E-state index contributed by atoms with van der Waals surface area (Å²) in [5.41, 5.74) is 0.920. The number of nitrogens with zero attached hydrogens (tertiary/aromatic N) is 2. The fourth-order valence-corrected chi connectivity index (χ4v) is 4.67. The lowest BCUT2D eigenvalue weighted by atomic mass is 10.1. The van der Waals surface area contributed by atoms with Gasteiger partial charge in [-0.3, -0.25) is 13.9 Å². The van der Waals surface area contributed by atoms with Crippen LogP contribution in [-0.2, 0) is 26.2 Å². The van der Waals surface area contributed by atoms with Gasteiger partial charge in [0.15, 0.2) is 0 Å². The zero-order valence-corrected chi connectivity index (χ0v) is 20.8. The summed E-state index contributed by atoms with van der Waals surface area (Å²) in [6.07, 6.45) is 1.22. The number of sulfonamides is 1. The molecule has 33 heavy (non-hydrogen) atoms. The van der Waals surface area contributed by atoms with Gasteiger partial charge < -0.3 is 10.2 Å². The molecule has 2 aromatic rings. The summed E-state index contributed by atoms with van der Waals surface area (Å²) in [7, 11) is -2.17. The smallest absolute Gasteiger partial charge is 0.242 e. The molecule has 0 saturated carbocycles. The van der Waals surface area contributed by atoms with Crippen molar-refractivity contribution in [1.82, 2.24) is 10.2 Å². The zero-order chi connectivity index (χ0) is 24.8. The number of nitrogens with one attached hydrogen (secondary N) is 1. The summed E-state index contributed by atoms with van der Waals surface area (Å²) >= 11 is 12.2. The van der Waals surface area contributed by atoms with Gasteiger partial charge in [0.2, 0.25) is 21.8 Å². The molecule has 0 aliphatic rings. The molecule has 11 heteroatoms. The molecule has 2 rings (SSSR count). The van der Waals surface area contributed by atoms with E-state index in [9.17, 15) is 22.4 Å². The molecule has 1 N–H and O–H groups in total. The van der Waals surface area contributed by atoms with Crippen LogP contribution < -0.4 is 9.62 Å². The van der Waals surface area contributed by atoms with E-state index in [0.717, 1.165) is 10.6 Å². The van der Waals surface area contributed by atoms with E-state index in [4.69, 9.17) is 23.2 Å². The third-order valence-corrected chi connectivity index (χ3v) is 6.82. The molecule has 2 amide bonds. The number of anilines is 1. The van der Waals surface area contributed by atoms with E-state index in [2.05, 4.69) is 5.32 Å². The van der Waals surface area contributed by atoms with Crippen molar-refractivity contribution < 1.29 is 22.4 Å². The Kier molecular flexibility index (Phi) is 9.51. The highest BCUT2D eigenvalue weighted by Gasteiger charge is 2.26. The molecule has 0 heterocycles. The van der Waals surface area contributed by atoms with E-state index in [1.807, 2.05) is 0 Å². The summed E-state index contributed by atoms with van der Waals surface area (Å²) < 4.78 is 38.8. The summed E-state index contributed by atoms with van der Waals surface area (Å²) in [5.74, 6) is -1.18. The van der Waals surface area contributed by atoms with Crippen molar-refractivity contribution >= 4 is 50.7 Å². The summed E-state index contributed by atoms with van der Waals surface area (Å²) in [5, 5.41) is 3.34. The molecule has 0 aromatic heterocycles. The highest BCUT2D eigenvalue weighted by Crippen LogP contribution is 2.24. The maximum Gasteiger partial charge on any atom is 0.242 e. The second-order valence-corrected chi connectivity index (χ2v) is 10.2. The Balaban J connectivity index is 2.16. The van der Waals surface area contributed by atoms with E-state index in [0.29, 0.717) is 21.3 Å². The molecule has 0 aliphatic heterocycles. The van der Waals surface area contributed by atoms with Crippen molar-refractivity contribution in [3.05, 3.63) is 63.9 Å². The van der Waals surface area contributed by atoms with Crippen molar-refractivity contribution in [3.8, 4) is 0 Å². The maximum absolute atomic E-state index is 13.2. The van der Waals surface area contributed by atoms with Crippen molar-refractivity contribution in [2.24, 2.45) is 0 Å². The highest BCUT2D eigenvalue weighted by atomic mass is 35.5. The first-order valence-corrected chi connectivity index (χ1v) is 12.7. The highest BCUT2D eigenvalue weighted by molar-refractivity contribution is 7.92. The summed E-state index contributed by atoms with van der Waals surface area (Å²) in [4.78, 5) is 26.7. The third-order valence-electron chi connectivity index (χ3n) is 5.04. The van der Waals surface area contributed by atoms with Gasteiger partial charge in [0, 0.05) is 36.6 Å². The average Bonchev–Trinajstić information content (AvgIpc) is 2.75. The van der Waals surface area contributed by atoms with Gasteiger partial charge in [-0.25, -0.2) is 12.8 Å². The van der Waals surface area contributed by atoms with Crippen LogP contribution in [0.15, 0.2) is 42.5 Å². The Morgan fingerprint density at radius 2 is 1.76 bits per heavy atom. The van der Waals surface area contributed by atoms with E-state index in [1.165, 1.54) is 36.2 Å². The molecule has 0 aliphatic carbocycles. The van der Waals surface area contributed by atoms with Crippen LogP contribution in [0.2, 0.25) is 10.0 Å². The van der Waals surface area contributed by atoms with Crippen LogP contribution in [0.3, 0.4) is 0 Å². The number of carbonyl (C=O) groups is 2. The van der Waals surface area contributed by atoms with Crippen molar-refractivity contribution in [3.63, 3.8) is 0 Å². The predicted octanol–water partition coefficient (Wildman–Crippen LogP) is 3.84. The van der Waals surface area contributed by atoms with Crippen LogP contribution in [0.5, 0.6) is 0 Å². The normalized spacial score (nSPS) is 12.2. The molecule has 0 spiro atoms. The molecular formula is C22H26Cl2FN3O4S. The molecular weight excluding hydrogens is 492 g/mol. The van der Waals surface area contributed by atoms with Gasteiger partial charge >= 0.3 is 0 Å². The van der Waals surface area contributed by atoms with Crippen LogP contribution in [0.25, 0.3) is 0 Å². The molecule has 2 aromatic carbocycles. The Morgan fingerprint density at radius 1 is 1.12 bits per heavy atom. The van der Waals surface area contributed by atoms with E-state index in [1.54, 1.807) is 25.1 Å². The minimum Gasteiger partial charge on any atom is -0.357 e. The minimum atomic E-state index is -3.65. The van der Waals surface area contributed by atoms with Gasteiger partial charge in [0.25, 0.3) is 0 Å². The number of rotatable bonds is 10. The number of benzene rings is 2. The van der Waals surface area contributed by atoms with Gasteiger partial charge in [-0.15, -0.1) is 0 Å². The fraction of sp³-hybridized carbons (Fsp3) is 0.364. The Morgan fingerprint density at radius 3 is 2.30 bits per heavy atom. The number of hydrogen-bond acceptors (Lipinski definition) is 4. The molecule has 0 saturated heterocycles. The Labute approximate surface area is 203 Å². The molecule has 180 valence electrons. The van der Waals surface area contributed by atoms with Crippen LogP contribution in [0.1, 0.15) is 25.3 Å². The van der Waals surface area contributed by atoms with Crippen LogP contribution in [0.4, 0.5) is 10.1 Å². The van der Waals surface area contributed by atoms with Crippen LogP contribution in [0, 0.1) is 5.82 Å². The van der Waals surface area contributed by atoms with Gasteiger partial charge in [0.05, 0.1) is 11.9 Å². The van der Waals surface area contributed by atoms with E-state index >= 15 is 0 Å². The first-order chi connectivity index (χ1) is 15.4. The van der Waals surface area contributed by atoms with Crippen molar-refractivity contribution in [2.45, 2.75) is 32.4 Å². The summed E-state index contributed by atoms with van der Waals surface area (Å²) in [6.45, 7) is 1.69. The molecule has 1 atom stereocenters. The monoisotopic (exact) mass is 517 g/mol. The van der Waals surface area contributed by atoms with E-state index in [-0.39, 0.29) is 37.7 Å². The molecule has 0 fully saturated rings. The summed E-state index contributed by atoms with van der Waals surface area (Å²) in [6, 6.07) is 9.16. The Hall–Kier alpha value is -2.36. The van der Waals surface area contributed by atoms with Gasteiger partial charge in [0.1, 0.15) is 11.9 Å². The number of carbonyl (C=O) groups excluding carboxylic acids is 2. The molecule has 0 bridgehead atoms. The zero-order valence-electron chi connectivity index (χ0n) is 18.5.